The van der Waals surface area contributed by atoms with E-state index in [1.54, 1.807) is 41.4 Å². The van der Waals surface area contributed by atoms with Crippen LogP contribution in [-0.4, -0.2) is 16.1 Å². The summed E-state index contributed by atoms with van der Waals surface area (Å²) >= 11 is 19.7. The zero-order valence-electron chi connectivity index (χ0n) is 14.7. The number of amidine groups is 1. The number of pyridine rings is 1. The van der Waals surface area contributed by atoms with Crippen LogP contribution in [0, 0.1) is 0 Å². The zero-order valence-corrected chi connectivity index (χ0v) is 17.8. The Balaban J connectivity index is 1.80. The molecule has 0 spiro atoms. The molecular formula is C21H12Cl3N3OS. The minimum Gasteiger partial charge on any atom is -0.268 e. The lowest BCUT2D eigenvalue weighted by molar-refractivity contribution is -0.113. The second kappa shape index (κ2) is 8.59. The maximum atomic E-state index is 13.2. The van der Waals surface area contributed by atoms with Crippen LogP contribution < -0.4 is 4.90 Å². The highest BCUT2D eigenvalue weighted by molar-refractivity contribution is 8.19. The van der Waals surface area contributed by atoms with Crippen molar-refractivity contribution in [1.82, 2.24) is 4.98 Å². The first-order valence-corrected chi connectivity index (χ1v) is 10.4. The number of amides is 1. The third-order valence-electron chi connectivity index (χ3n) is 4.04. The number of para-hydroxylation sites is 1. The molecule has 144 valence electrons. The molecule has 2 heterocycles. The molecule has 0 N–H and O–H groups in total. The quantitative estimate of drug-likeness (QED) is 0.401. The standard InChI is InChI=1S/C21H12Cl3N3OS/c22-14-7-6-13(16(23)11-14)10-19-20(28)27(15-4-2-1-3-5-15)21(29-19)26-18-8-9-25-12-17(18)24/h1-12H/b19-10-,26-21?. The summed E-state index contributed by atoms with van der Waals surface area (Å²) in [7, 11) is 0. The Hall–Kier alpha value is -2.31. The molecule has 0 saturated carbocycles. The molecule has 0 aliphatic carbocycles. The van der Waals surface area contributed by atoms with Gasteiger partial charge in [0.05, 0.1) is 21.3 Å². The summed E-state index contributed by atoms with van der Waals surface area (Å²) in [5.74, 6) is -0.198. The molecule has 0 bridgehead atoms. The van der Waals surface area contributed by atoms with Crippen LogP contribution >= 0.6 is 46.6 Å². The van der Waals surface area contributed by atoms with Crippen molar-refractivity contribution in [3.05, 3.63) is 92.5 Å². The zero-order chi connectivity index (χ0) is 20.4. The van der Waals surface area contributed by atoms with Gasteiger partial charge < -0.3 is 0 Å². The summed E-state index contributed by atoms with van der Waals surface area (Å²) < 4.78 is 0. The lowest BCUT2D eigenvalue weighted by Gasteiger charge is -2.15. The van der Waals surface area contributed by atoms with E-state index in [1.165, 1.54) is 18.0 Å². The van der Waals surface area contributed by atoms with E-state index in [4.69, 9.17) is 34.8 Å². The normalized spacial score (nSPS) is 16.8. The van der Waals surface area contributed by atoms with Crippen LogP contribution in [0.3, 0.4) is 0 Å². The number of thioether (sulfide) groups is 1. The third-order valence-corrected chi connectivity index (χ3v) is 5.86. The molecule has 1 aliphatic rings. The molecule has 4 rings (SSSR count). The highest BCUT2D eigenvalue weighted by atomic mass is 35.5. The van der Waals surface area contributed by atoms with Crippen LogP contribution in [0.5, 0.6) is 0 Å². The molecular weight excluding hydrogens is 449 g/mol. The van der Waals surface area contributed by atoms with E-state index in [1.807, 2.05) is 30.3 Å². The van der Waals surface area contributed by atoms with Gasteiger partial charge in [0.25, 0.3) is 5.91 Å². The van der Waals surface area contributed by atoms with E-state index in [0.29, 0.717) is 42.1 Å². The number of aromatic nitrogens is 1. The molecule has 4 nitrogen and oxygen atoms in total. The second-order valence-corrected chi connectivity index (χ2v) is 8.23. The fourth-order valence-corrected chi connectivity index (χ4v) is 4.28. The molecule has 0 radical (unpaired) electrons. The van der Waals surface area contributed by atoms with Crippen molar-refractivity contribution in [2.24, 2.45) is 4.99 Å². The van der Waals surface area contributed by atoms with Gasteiger partial charge >= 0.3 is 0 Å². The number of rotatable bonds is 3. The molecule has 29 heavy (non-hydrogen) atoms. The molecule has 1 aliphatic heterocycles. The number of nitrogens with zero attached hydrogens (tertiary/aromatic N) is 3. The van der Waals surface area contributed by atoms with E-state index in [0.717, 1.165) is 0 Å². The van der Waals surface area contributed by atoms with Gasteiger partial charge in [-0.2, -0.15) is 0 Å². The van der Waals surface area contributed by atoms with Crippen molar-refractivity contribution < 1.29 is 4.79 Å². The summed E-state index contributed by atoms with van der Waals surface area (Å²) in [6.45, 7) is 0. The fraction of sp³-hybridized carbons (Fsp3) is 0. The fourth-order valence-electron chi connectivity index (χ4n) is 2.67. The number of hydrogen-bond acceptors (Lipinski definition) is 4. The van der Waals surface area contributed by atoms with Gasteiger partial charge in [-0.1, -0.05) is 59.1 Å². The Morgan fingerprint density at radius 2 is 1.79 bits per heavy atom. The van der Waals surface area contributed by atoms with Gasteiger partial charge in [0.2, 0.25) is 0 Å². The monoisotopic (exact) mass is 459 g/mol. The summed E-state index contributed by atoms with van der Waals surface area (Å²) in [5, 5.41) is 1.89. The van der Waals surface area contributed by atoms with Crippen LogP contribution in [0.4, 0.5) is 11.4 Å². The average Bonchev–Trinajstić information content (AvgIpc) is 3.01. The molecule has 3 aromatic rings. The minimum absolute atomic E-state index is 0.198. The number of benzene rings is 2. The first kappa shape index (κ1) is 20.0. The summed E-state index contributed by atoms with van der Waals surface area (Å²) in [6.07, 6.45) is 4.85. The minimum atomic E-state index is -0.198. The number of carbonyl (C=O) groups is 1. The van der Waals surface area contributed by atoms with E-state index < -0.39 is 0 Å². The van der Waals surface area contributed by atoms with Crippen molar-refractivity contribution in [3.63, 3.8) is 0 Å². The summed E-state index contributed by atoms with van der Waals surface area (Å²) in [5.41, 5.74) is 1.94. The van der Waals surface area contributed by atoms with Gasteiger partial charge in [-0.25, -0.2) is 4.99 Å². The number of anilines is 1. The first-order valence-electron chi connectivity index (χ1n) is 8.45. The van der Waals surface area contributed by atoms with Crippen molar-refractivity contribution in [3.8, 4) is 0 Å². The lowest BCUT2D eigenvalue weighted by atomic mass is 10.2. The van der Waals surface area contributed by atoms with E-state index in [-0.39, 0.29) is 5.91 Å². The lowest BCUT2D eigenvalue weighted by Crippen LogP contribution is -2.28. The Labute approximate surface area is 186 Å². The summed E-state index contributed by atoms with van der Waals surface area (Å²) in [4.78, 5) is 23.8. The van der Waals surface area contributed by atoms with Crippen LogP contribution in [0.25, 0.3) is 6.08 Å². The van der Waals surface area contributed by atoms with Crippen LogP contribution in [0.15, 0.2) is 76.9 Å². The van der Waals surface area contributed by atoms with Crippen LogP contribution in [0.1, 0.15) is 5.56 Å². The predicted molar refractivity (Wildman–Crippen MR) is 122 cm³/mol. The van der Waals surface area contributed by atoms with Gasteiger partial charge in [0.1, 0.15) is 0 Å². The van der Waals surface area contributed by atoms with Crippen LogP contribution in [0.2, 0.25) is 15.1 Å². The van der Waals surface area contributed by atoms with E-state index >= 15 is 0 Å². The van der Waals surface area contributed by atoms with Crippen LogP contribution in [-0.2, 0) is 4.79 Å². The van der Waals surface area contributed by atoms with Crippen molar-refractivity contribution >= 4 is 75.1 Å². The van der Waals surface area contributed by atoms with Gasteiger partial charge in [0, 0.05) is 22.4 Å². The molecule has 1 saturated heterocycles. The Morgan fingerprint density at radius 1 is 1.00 bits per heavy atom. The predicted octanol–water partition coefficient (Wildman–Crippen LogP) is 6.85. The van der Waals surface area contributed by atoms with Gasteiger partial charge in [-0.3, -0.25) is 14.7 Å². The topological polar surface area (TPSA) is 45.6 Å². The SMILES string of the molecule is O=C1/C(=C/c2ccc(Cl)cc2Cl)SC(=Nc2ccncc2Cl)N1c1ccccc1. The molecule has 2 aromatic carbocycles. The molecule has 1 amide bonds. The average molecular weight is 461 g/mol. The molecule has 1 aromatic heterocycles. The van der Waals surface area contributed by atoms with Gasteiger partial charge in [0.15, 0.2) is 5.17 Å². The summed E-state index contributed by atoms with van der Waals surface area (Å²) in [6, 6.07) is 16.1. The van der Waals surface area contributed by atoms with Crippen molar-refractivity contribution in [1.29, 1.82) is 0 Å². The molecule has 0 atom stereocenters. The maximum absolute atomic E-state index is 13.2. The largest absolute Gasteiger partial charge is 0.271 e. The van der Waals surface area contributed by atoms with E-state index in [9.17, 15) is 4.79 Å². The van der Waals surface area contributed by atoms with Gasteiger partial charge in [-0.15, -0.1) is 0 Å². The number of hydrogen-bond donors (Lipinski definition) is 0. The number of aliphatic imine (C=N–C) groups is 1. The first-order chi connectivity index (χ1) is 14.0. The number of halogens is 3. The van der Waals surface area contributed by atoms with Crippen molar-refractivity contribution in [2.45, 2.75) is 0 Å². The highest BCUT2D eigenvalue weighted by Gasteiger charge is 2.35. The Bertz CT molecular complexity index is 1150. The Morgan fingerprint density at radius 3 is 2.52 bits per heavy atom. The van der Waals surface area contributed by atoms with Gasteiger partial charge in [-0.05, 0) is 53.7 Å². The van der Waals surface area contributed by atoms with E-state index in [2.05, 4.69) is 9.98 Å². The highest BCUT2D eigenvalue weighted by Crippen LogP contribution is 2.39. The molecule has 0 unspecified atom stereocenters. The number of carbonyl (C=O) groups excluding carboxylic acids is 1. The molecule has 8 heteroatoms. The Kier molecular flexibility index (Phi) is 5.92. The molecule has 1 fully saturated rings. The second-order valence-electron chi connectivity index (χ2n) is 5.97. The maximum Gasteiger partial charge on any atom is 0.271 e. The van der Waals surface area contributed by atoms with Crippen molar-refractivity contribution in [2.75, 3.05) is 4.90 Å². The smallest absolute Gasteiger partial charge is 0.268 e. The third kappa shape index (κ3) is 4.33.